The van der Waals surface area contributed by atoms with E-state index in [0.717, 1.165) is 12.8 Å². The summed E-state index contributed by atoms with van der Waals surface area (Å²) in [4.78, 5) is 11.8. The topological polar surface area (TPSA) is 75.3 Å². The molecule has 0 rings (SSSR count). The van der Waals surface area contributed by atoms with Crippen LogP contribution in [-0.4, -0.2) is 29.7 Å². The Kier molecular flexibility index (Phi) is 8.20. The van der Waals surface area contributed by atoms with Gasteiger partial charge in [-0.15, -0.1) is 0 Å². The second kappa shape index (κ2) is 8.48. The van der Waals surface area contributed by atoms with E-state index in [1.165, 1.54) is 0 Å². The Hall–Kier alpha value is -0.610. The first kappa shape index (κ1) is 17.4. The van der Waals surface area contributed by atoms with Crippen molar-refractivity contribution in [3.63, 3.8) is 0 Å². The number of aliphatic hydroxyl groups is 1. The number of rotatable bonds is 9. The van der Waals surface area contributed by atoms with Crippen LogP contribution >= 0.6 is 0 Å². The lowest BCUT2D eigenvalue weighted by Crippen LogP contribution is -2.41. The van der Waals surface area contributed by atoms with Crippen molar-refractivity contribution in [2.24, 2.45) is 17.6 Å². The van der Waals surface area contributed by atoms with Crippen molar-refractivity contribution in [1.29, 1.82) is 0 Å². The summed E-state index contributed by atoms with van der Waals surface area (Å²) >= 11 is 0. The fourth-order valence-corrected chi connectivity index (χ4v) is 2.18. The van der Waals surface area contributed by atoms with Gasteiger partial charge in [0.1, 0.15) is 0 Å². The predicted molar refractivity (Wildman–Crippen MR) is 75.2 cm³/mol. The number of nitrogens with one attached hydrogen (secondary N) is 1. The van der Waals surface area contributed by atoms with Gasteiger partial charge >= 0.3 is 0 Å². The average Bonchev–Trinajstić information content (AvgIpc) is 2.25. The van der Waals surface area contributed by atoms with Crippen LogP contribution in [0, 0.1) is 11.8 Å². The molecule has 0 fully saturated rings. The minimum Gasteiger partial charge on any atom is -0.388 e. The number of amides is 1. The van der Waals surface area contributed by atoms with Gasteiger partial charge < -0.3 is 16.2 Å². The molecule has 0 aromatic carbocycles. The molecule has 0 aromatic rings. The van der Waals surface area contributed by atoms with Crippen LogP contribution in [0.1, 0.15) is 53.4 Å². The summed E-state index contributed by atoms with van der Waals surface area (Å²) in [5.74, 6) is 0.776. The first-order valence-corrected chi connectivity index (χ1v) is 6.99. The lowest BCUT2D eigenvalue weighted by molar-refractivity contribution is -0.123. The van der Waals surface area contributed by atoms with Gasteiger partial charge in [-0.1, -0.05) is 27.2 Å². The second-order valence-corrected chi connectivity index (χ2v) is 5.96. The molecular formula is C14H30N2O2. The Bertz CT molecular complexity index is 240. The van der Waals surface area contributed by atoms with Gasteiger partial charge in [-0.3, -0.25) is 4.79 Å². The van der Waals surface area contributed by atoms with E-state index >= 15 is 0 Å². The van der Waals surface area contributed by atoms with Crippen LogP contribution in [0.4, 0.5) is 0 Å². The monoisotopic (exact) mass is 258 g/mol. The van der Waals surface area contributed by atoms with Crippen molar-refractivity contribution < 1.29 is 9.90 Å². The van der Waals surface area contributed by atoms with Crippen LogP contribution in [0.3, 0.4) is 0 Å². The Balaban J connectivity index is 4.02. The van der Waals surface area contributed by atoms with Gasteiger partial charge in [-0.2, -0.15) is 0 Å². The van der Waals surface area contributed by atoms with Crippen LogP contribution in [0.25, 0.3) is 0 Å². The lowest BCUT2D eigenvalue weighted by atomic mass is 9.93. The van der Waals surface area contributed by atoms with Crippen molar-refractivity contribution in [2.75, 3.05) is 13.1 Å². The fraction of sp³-hybridized carbons (Fsp3) is 0.929. The zero-order valence-electron chi connectivity index (χ0n) is 12.3. The third-order valence-corrected chi connectivity index (χ3v) is 3.07. The summed E-state index contributed by atoms with van der Waals surface area (Å²) < 4.78 is 0. The Morgan fingerprint density at radius 1 is 1.44 bits per heavy atom. The van der Waals surface area contributed by atoms with Crippen molar-refractivity contribution in [1.82, 2.24) is 5.32 Å². The number of hydrogen-bond acceptors (Lipinski definition) is 3. The molecule has 0 aliphatic rings. The second-order valence-electron chi connectivity index (χ2n) is 5.96. The predicted octanol–water partition coefficient (Wildman–Crippen LogP) is 1.66. The SMILES string of the molecule is CCCC(C)(O)CNC(=O)C[C@@H](CN)CC(C)C. The minimum absolute atomic E-state index is 0.0116. The van der Waals surface area contributed by atoms with Gasteiger partial charge in [-0.25, -0.2) is 0 Å². The maximum Gasteiger partial charge on any atom is 0.220 e. The maximum absolute atomic E-state index is 11.8. The van der Waals surface area contributed by atoms with E-state index < -0.39 is 5.60 Å². The minimum atomic E-state index is -0.805. The molecule has 108 valence electrons. The molecule has 0 aliphatic heterocycles. The molecule has 4 nitrogen and oxygen atoms in total. The number of carbonyl (C=O) groups is 1. The molecule has 0 saturated carbocycles. The highest BCUT2D eigenvalue weighted by Gasteiger charge is 2.21. The van der Waals surface area contributed by atoms with Crippen molar-refractivity contribution in [3.8, 4) is 0 Å². The van der Waals surface area contributed by atoms with E-state index in [1.54, 1.807) is 6.92 Å². The van der Waals surface area contributed by atoms with Crippen LogP contribution in [-0.2, 0) is 4.79 Å². The molecule has 0 bridgehead atoms. The smallest absolute Gasteiger partial charge is 0.220 e. The van der Waals surface area contributed by atoms with E-state index in [0.29, 0.717) is 31.8 Å². The normalized spacial score (nSPS) is 16.4. The summed E-state index contributed by atoms with van der Waals surface area (Å²) in [6.07, 6.45) is 3.02. The van der Waals surface area contributed by atoms with E-state index in [2.05, 4.69) is 19.2 Å². The summed E-state index contributed by atoms with van der Waals surface area (Å²) in [5.41, 5.74) is 4.86. The third-order valence-electron chi connectivity index (χ3n) is 3.07. The molecule has 0 aliphatic carbocycles. The van der Waals surface area contributed by atoms with Crippen LogP contribution < -0.4 is 11.1 Å². The Labute approximate surface area is 111 Å². The fourth-order valence-electron chi connectivity index (χ4n) is 2.18. The largest absolute Gasteiger partial charge is 0.388 e. The van der Waals surface area contributed by atoms with E-state index in [4.69, 9.17) is 5.73 Å². The van der Waals surface area contributed by atoms with Crippen LogP contribution in [0.2, 0.25) is 0 Å². The van der Waals surface area contributed by atoms with Crippen molar-refractivity contribution in [2.45, 2.75) is 59.0 Å². The van der Waals surface area contributed by atoms with E-state index in [1.807, 2.05) is 6.92 Å². The van der Waals surface area contributed by atoms with Gasteiger partial charge in [0, 0.05) is 13.0 Å². The molecule has 4 N–H and O–H groups in total. The van der Waals surface area contributed by atoms with E-state index in [9.17, 15) is 9.90 Å². The van der Waals surface area contributed by atoms with Gasteiger partial charge in [0.15, 0.2) is 0 Å². The lowest BCUT2D eigenvalue weighted by Gasteiger charge is -2.24. The molecule has 1 unspecified atom stereocenters. The summed E-state index contributed by atoms with van der Waals surface area (Å²) in [5, 5.41) is 12.8. The van der Waals surface area contributed by atoms with Crippen LogP contribution in [0.5, 0.6) is 0 Å². The van der Waals surface area contributed by atoms with Gasteiger partial charge in [0.2, 0.25) is 5.91 Å². The summed E-state index contributed by atoms with van der Waals surface area (Å²) in [7, 11) is 0. The van der Waals surface area contributed by atoms with Crippen LogP contribution in [0.15, 0.2) is 0 Å². The molecule has 0 spiro atoms. The highest BCUT2D eigenvalue weighted by Crippen LogP contribution is 2.15. The standard InChI is InChI=1S/C14H30N2O2/c1-5-6-14(4,18)10-16-13(17)8-12(9-15)7-11(2)3/h11-12,18H,5-10,15H2,1-4H3,(H,16,17)/t12-,14?/m0/s1. The molecule has 2 atom stereocenters. The Morgan fingerprint density at radius 3 is 2.50 bits per heavy atom. The first-order chi connectivity index (χ1) is 8.30. The number of nitrogens with two attached hydrogens (primary N) is 1. The molecule has 4 heteroatoms. The highest BCUT2D eigenvalue weighted by molar-refractivity contribution is 5.76. The van der Waals surface area contributed by atoms with Crippen molar-refractivity contribution >= 4 is 5.91 Å². The zero-order valence-corrected chi connectivity index (χ0v) is 12.3. The van der Waals surface area contributed by atoms with Crippen molar-refractivity contribution in [3.05, 3.63) is 0 Å². The quantitative estimate of drug-likeness (QED) is 0.589. The highest BCUT2D eigenvalue weighted by atomic mass is 16.3. The molecule has 0 radical (unpaired) electrons. The first-order valence-electron chi connectivity index (χ1n) is 6.99. The third kappa shape index (κ3) is 8.48. The molecule has 0 heterocycles. The van der Waals surface area contributed by atoms with E-state index in [-0.39, 0.29) is 11.8 Å². The molecule has 1 amide bonds. The summed E-state index contributed by atoms with van der Waals surface area (Å²) in [6, 6.07) is 0. The zero-order chi connectivity index (χ0) is 14.2. The van der Waals surface area contributed by atoms with Gasteiger partial charge in [-0.05, 0) is 38.1 Å². The van der Waals surface area contributed by atoms with Gasteiger partial charge in [0.25, 0.3) is 0 Å². The number of carbonyl (C=O) groups excluding carboxylic acids is 1. The molecule has 0 aromatic heterocycles. The number of hydrogen-bond donors (Lipinski definition) is 3. The molecule has 0 saturated heterocycles. The average molecular weight is 258 g/mol. The Morgan fingerprint density at radius 2 is 2.06 bits per heavy atom. The maximum atomic E-state index is 11.8. The molecular weight excluding hydrogens is 228 g/mol. The molecule has 18 heavy (non-hydrogen) atoms. The summed E-state index contributed by atoms with van der Waals surface area (Å²) in [6.45, 7) is 8.89. The van der Waals surface area contributed by atoms with Gasteiger partial charge in [0.05, 0.1) is 5.60 Å².